The summed E-state index contributed by atoms with van der Waals surface area (Å²) in [7, 11) is -4.21. The normalized spacial score (nSPS) is 17.4. The average Bonchev–Trinajstić information content (AvgIpc) is 3.33. The number of anilines is 2. The molecule has 2 N–H and O–H groups in total. The first-order valence-corrected chi connectivity index (χ1v) is 14.1. The molecule has 0 amide bonds. The Hall–Kier alpha value is -3.36. The Kier molecular flexibility index (Phi) is 8.61. The van der Waals surface area contributed by atoms with Gasteiger partial charge in [0.05, 0.1) is 6.20 Å². The molecule has 1 aromatic heterocycles. The number of nitrogens with zero attached hydrogens (tertiary/aromatic N) is 5. The maximum atomic E-state index is 13.4. The molecule has 14 heteroatoms. The molecule has 2 aromatic carbocycles. The molecule has 40 heavy (non-hydrogen) atoms. The minimum atomic E-state index is -4.59. The Morgan fingerprint density at radius 3 is 2.50 bits per heavy atom. The van der Waals surface area contributed by atoms with E-state index in [0.29, 0.717) is 34.8 Å². The lowest BCUT2D eigenvalue weighted by Gasteiger charge is -2.42. The Bertz CT molecular complexity index is 1460. The Labute approximate surface area is 230 Å². The van der Waals surface area contributed by atoms with Gasteiger partial charge < -0.3 is 10.7 Å². The molecule has 0 unspecified atom stereocenters. The zero-order valence-corrected chi connectivity index (χ0v) is 23.1. The molecule has 2 heterocycles. The van der Waals surface area contributed by atoms with E-state index >= 15 is 0 Å². The van der Waals surface area contributed by atoms with Crippen molar-refractivity contribution >= 4 is 27.6 Å². The fraction of sp³-hybridized carbons (Fsp3) is 0.423. The van der Waals surface area contributed by atoms with Crippen molar-refractivity contribution in [3.63, 3.8) is 0 Å². The molecule has 3 aromatic rings. The molecular weight excluding hydrogens is 550 g/mol. The van der Waals surface area contributed by atoms with Crippen molar-refractivity contribution < 1.29 is 26.0 Å². The molecule has 1 saturated heterocycles. The number of rotatable bonds is 9. The summed E-state index contributed by atoms with van der Waals surface area (Å²) >= 11 is 0. The van der Waals surface area contributed by atoms with Gasteiger partial charge in [0.1, 0.15) is 5.82 Å². The van der Waals surface area contributed by atoms with Crippen LogP contribution in [0.4, 0.5) is 28.9 Å². The predicted octanol–water partition coefficient (Wildman–Crippen LogP) is 4.73. The third-order valence-electron chi connectivity index (χ3n) is 6.57. The summed E-state index contributed by atoms with van der Waals surface area (Å²) in [5.74, 6) is -0.0795. The molecule has 1 fully saturated rings. The van der Waals surface area contributed by atoms with Crippen LogP contribution in [0.5, 0.6) is 0 Å². The number of piperazine rings is 1. The van der Waals surface area contributed by atoms with Gasteiger partial charge >= 0.3 is 6.18 Å². The Morgan fingerprint density at radius 1 is 1.18 bits per heavy atom. The minimum absolute atomic E-state index is 0.0458. The van der Waals surface area contributed by atoms with Crippen LogP contribution >= 0.6 is 0 Å². The molecule has 0 aliphatic carbocycles. The number of nitrogens with one attached hydrogen (secondary N) is 2. The Balaban J connectivity index is 1.65. The van der Waals surface area contributed by atoms with Crippen LogP contribution in [-0.4, -0.2) is 71.2 Å². The fourth-order valence-corrected chi connectivity index (χ4v) is 6.08. The van der Waals surface area contributed by atoms with Crippen molar-refractivity contribution in [1.82, 2.24) is 24.2 Å². The predicted molar refractivity (Wildman–Crippen MR) is 143 cm³/mol. The third-order valence-corrected chi connectivity index (χ3v) is 8.30. The minimum Gasteiger partial charge on any atom is -0.355 e. The van der Waals surface area contributed by atoms with E-state index in [1.807, 2.05) is 19.1 Å². The molecule has 0 spiro atoms. The van der Waals surface area contributed by atoms with Gasteiger partial charge in [-0.05, 0) is 60.4 Å². The molecule has 4 rings (SSSR count). The van der Waals surface area contributed by atoms with Crippen molar-refractivity contribution in [3.05, 3.63) is 65.1 Å². The van der Waals surface area contributed by atoms with E-state index in [9.17, 15) is 26.0 Å². The van der Waals surface area contributed by atoms with Crippen molar-refractivity contribution in [2.75, 3.05) is 31.5 Å². The van der Waals surface area contributed by atoms with Crippen LogP contribution in [0.25, 0.3) is 0 Å². The van der Waals surface area contributed by atoms with Gasteiger partial charge in [-0.3, -0.25) is 4.90 Å². The highest BCUT2D eigenvalue weighted by molar-refractivity contribution is 7.89. The zero-order valence-electron chi connectivity index (χ0n) is 22.3. The maximum absolute atomic E-state index is 13.4. The number of halogens is 4. The molecule has 0 bridgehead atoms. The van der Waals surface area contributed by atoms with Crippen LogP contribution in [0.15, 0.2) is 47.6 Å². The summed E-state index contributed by atoms with van der Waals surface area (Å²) < 4.78 is 79.6. The quantitative estimate of drug-likeness (QED) is 0.280. The summed E-state index contributed by atoms with van der Waals surface area (Å²) in [5.41, 5.74) is 3.52. The number of aryl methyl sites for hydroxylation is 1. The largest absolute Gasteiger partial charge is 0.409 e. The molecule has 0 saturated carbocycles. The van der Waals surface area contributed by atoms with Gasteiger partial charge in [0.25, 0.3) is 10.0 Å². The van der Waals surface area contributed by atoms with E-state index in [1.165, 1.54) is 22.7 Å². The van der Waals surface area contributed by atoms with Crippen LogP contribution in [0, 0.1) is 24.1 Å². The van der Waals surface area contributed by atoms with E-state index < -0.39 is 27.8 Å². The number of hydrogen-bond donors (Lipinski definition) is 2. The highest BCUT2D eigenvalue weighted by Crippen LogP contribution is 2.34. The van der Waals surface area contributed by atoms with Crippen LogP contribution in [0.2, 0.25) is 0 Å². The average molecular weight is 582 g/mol. The van der Waals surface area contributed by atoms with Gasteiger partial charge in [-0.15, -0.1) is 5.10 Å². The number of hydrogen-bond acceptors (Lipinski definition) is 7. The summed E-state index contributed by atoms with van der Waals surface area (Å²) in [6, 6.07) is 9.16. The molecule has 1 aliphatic rings. The number of aromatic nitrogens is 3. The first kappa shape index (κ1) is 29.6. The lowest BCUT2D eigenvalue weighted by Crippen LogP contribution is -2.51. The van der Waals surface area contributed by atoms with Gasteiger partial charge in [0.15, 0.2) is 6.54 Å². The van der Waals surface area contributed by atoms with Gasteiger partial charge in [-0.1, -0.05) is 13.8 Å². The Morgan fingerprint density at radius 2 is 1.88 bits per heavy atom. The van der Waals surface area contributed by atoms with Crippen LogP contribution in [-0.2, 0) is 16.6 Å². The lowest BCUT2D eigenvalue weighted by molar-refractivity contribution is -0.145. The van der Waals surface area contributed by atoms with E-state index in [0.717, 1.165) is 17.3 Å². The molecule has 216 valence electrons. The first-order chi connectivity index (χ1) is 18.8. The monoisotopic (exact) mass is 581 g/mol. The third kappa shape index (κ3) is 6.85. The second-order valence-electron chi connectivity index (χ2n) is 10.2. The number of benzene rings is 2. The first-order valence-electron chi connectivity index (χ1n) is 12.7. The van der Waals surface area contributed by atoms with E-state index in [4.69, 9.17) is 5.41 Å². The van der Waals surface area contributed by atoms with Crippen molar-refractivity contribution in [2.45, 2.75) is 44.6 Å². The molecule has 0 radical (unpaired) electrons. The molecule has 1 aliphatic heterocycles. The summed E-state index contributed by atoms with van der Waals surface area (Å²) in [6.45, 7) is 5.79. The van der Waals surface area contributed by atoms with Gasteiger partial charge in [-0.2, -0.15) is 27.4 Å². The standard InChI is InChI=1S/C26H31F4N7O2S/c1-17(2)14-35-8-9-36(40(38,39)25-13-32-37(34-25)16-26(28,29)30)15-24(35)22-11-19(12-31)23(10-18(22)3)33-21-6-4-20(27)5-7-21/h4-7,10-13,17,24,31,33H,8-9,14-16H2,1-3H3/t24-/m0/s1. The van der Waals surface area contributed by atoms with E-state index in [-0.39, 0.29) is 30.9 Å². The second kappa shape index (κ2) is 11.6. The molecule has 1 atom stereocenters. The number of sulfonamides is 1. The van der Waals surface area contributed by atoms with Crippen LogP contribution < -0.4 is 5.32 Å². The topological polar surface area (TPSA) is 107 Å². The van der Waals surface area contributed by atoms with Crippen LogP contribution in [0.1, 0.15) is 36.6 Å². The zero-order chi connectivity index (χ0) is 29.2. The SMILES string of the molecule is Cc1cc(Nc2ccc(F)cc2)c(C=N)cc1[C@@H]1CN(S(=O)(=O)c2cnn(CC(F)(F)F)n2)CCN1CC(C)C. The van der Waals surface area contributed by atoms with E-state index in [1.54, 1.807) is 12.1 Å². The highest BCUT2D eigenvalue weighted by Gasteiger charge is 2.38. The van der Waals surface area contributed by atoms with Crippen molar-refractivity contribution in [2.24, 2.45) is 5.92 Å². The molecular formula is C26H31F4N7O2S. The summed E-state index contributed by atoms with van der Waals surface area (Å²) in [6.07, 6.45) is -2.56. The molecule has 9 nitrogen and oxygen atoms in total. The van der Waals surface area contributed by atoms with Crippen LogP contribution in [0.3, 0.4) is 0 Å². The second-order valence-corrected chi connectivity index (χ2v) is 12.1. The smallest absolute Gasteiger partial charge is 0.355 e. The van der Waals surface area contributed by atoms with Crippen molar-refractivity contribution in [3.8, 4) is 0 Å². The maximum Gasteiger partial charge on any atom is 0.409 e. The van der Waals surface area contributed by atoms with Crippen molar-refractivity contribution in [1.29, 1.82) is 5.41 Å². The summed E-state index contributed by atoms with van der Waals surface area (Å²) in [4.78, 5) is 2.51. The lowest BCUT2D eigenvalue weighted by atomic mass is 9.94. The van der Waals surface area contributed by atoms with Gasteiger partial charge in [-0.25, -0.2) is 12.8 Å². The summed E-state index contributed by atoms with van der Waals surface area (Å²) in [5, 5.41) is 17.8. The highest BCUT2D eigenvalue weighted by atomic mass is 32.2. The van der Waals surface area contributed by atoms with Gasteiger partial charge in [0, 0.05) is 55.4 Å². The van der Waals surface area contributed by atoms with Gasteiger partial charge in [0.2, 0.25) is 5.03 Å². The van der Waals surface area contributed by atoms with E-state index in [2.05, 4.69) is 34.3 Å². The fourth-order valence-electron chi connectivity index (χ4n) is 4.78. The number of alkyl halides is 3.